The number of anilines is 1. The van der Waals surface area contributed by atoms with E-state index in [0.29, 0.717) is 28.6 Å². The van der Waals surface area contributed by atoms with Crippen molar-refractivity contribution in [3.8, 4) is 22.8 Å². The number of carbonyl (C=O) groups is 1. The number of para-hydroxylation sites is 3. The van der Waals surface area contributed by atoms with Crippen molar-refractivity contribution in [3.63, 3.8) is 0 Å². The number of aryl methyl sites for hydroxylation is 2. The highest BCUT2D eigenvalue weighted by Gasteiger charge is 2.22. The smallest absolute Gasteiger partial charge is 0.275 e. The molecular weight excluding hydrogens is 410 g/mol. The molecule has 2 heterocycles. The molecule has 162 valence electrons. The predicted octanol–water partition coefficient (Wildman–Crippen LogP) is 6.66. The van der Waals surface area contributed by atoms with Gasteiger partial charge in [0, 0.05) is 11.8 Å². The lowest BCUT2D eigenvalue weighted by Gasteiger charge is -2.13. The first-order chi connectivity index (χ1) is 16.1. The SMILES string of the molecule is Cc1ccc(-c2nc3ccc(C)cn3c2C(=O)Nc2ccccc2Oc2ccccc2)cc1. The van der Waals surface area contributed by atoms with Gasteiger partial charge in [0.05, 0.1) is 5.69 Å². The summed E-state index contributed by atoms with van der Waals surface area (Å²) in [5.74, 6) is 1.01. The molecule has 0 saturated carbocycles. The number of carbonyl (C=O) groups excluding carboxylic acids is 1. The van der Waals surface area contributed by atoms with E-state index in [-0.39, 0.29) is 5.91 Å². The van der Waals surface area contributed by atoms with Crippen LogP contribution in [-0.2, 0) is 0 Å². The summed E-state index contributed by atoms with van der Waals surface area (Å²) in [5, 5.41) is 3.04. The van der Waals surface area contributed by atoms with Gasteiger partial charge in [0.1, 0.15) is 22.8 Å². The first kappa shape index (κ1) is 20.5. The fourth-order valence-electron chi connectivity index (χ4n) is 3.74. The summed E-state index contributed by atoms with van der Waals surface area (Å²) in [6, 6.07) is 28.9. The normalized spacial score (nSPS) is 10.8. The molecule has 5 heteroatoms. The zero-order chi connectivity index (χ0) is 22.8. The number of rotatable bonds is 5. The van der Waals surface area contributed by atoms with Gasteiger partial charge in [-0.3, -0.25) is 9.20 Å². The number of pyridine rings is 1. The minimum atomic E-state index is -0.257. The van der Waals surface area contributed by atoms with E-state index >= 15 is 0 Å². The van der Waals surface area contributed by atoms with E-state index in [4.69, 9.17) is 9.72 Å². The summed E-state index contributed by atoms with van der Waals surface area (Å²) in [5.41, 5.74) is 5.50. The van der Waals surface area contributed by atoms with E-state index in [1.807, 2.05) is 115 Å². The van der Waals surface area contributed by atoms with Crippen LogP contribution in [0.2, 0.25) is 0 Å². The number of nitrogens with zero attached hydrogens (tertiary/aromatic N) is 2. The third-order valence-electron chi connectivity index (χ3n) is 5.41. The Morgan fingerprint density at radius 1 is 0.818 bits per heavy atom. The average Bonchev–Trinajstić information content (AvgIpc) is 3.20. The van der Waals surface area contributed by atoms with E-state index < -0.39 is 0 Å². The minimum absolute atomic E-state index is 0.257. The van der Waals surface area contributed by atoms with Crippen molar-refractivity contribution in [1.29, 1.82) is 0 Å². The first-order valence-corrected chi connectivity index (χ1v) is 10.8. The van der Waals surface area contributed by atoms with Crippen molar-refractivity contribution in [1.82, 2.24) is 9.38 Å². The largest absolute Gasteiger partial charge is 0.455 e. The molecule has 0 aliphatic carbocycles. The zero-order valence-corrected chi connectivity index (χ0v) is 18.4. The number of hydrogen-bond acceptors (Lipinski definition) is 3. The van der Waals surface area contributed by atoms with Crippen LogP contribution in [0.15, 0.2) is 97.2 Å². The molecular formula is C28H23N3O2. The monoisotopic (exact) mass is 433 g/mol. The number of fused-ring (bicyclic) bond motifs is 1. The Morgan fingerprint density at radius 3 is 2.30 bits per heavy atom. The summed E-state index contributed by atoms with van der Waals surface area (Å²) in [4.78, 5) is 18.4. The molecule has 5 aromatic rings. The van der Waals surface area contributed by atoms with Crippen molar-refractivity contribution >= 4 is 17.2 Å². The van der Waals surface area contributed by atoms with Crippen molar-refractivity contribution in [3.05, 3.63) is 114 Å². The molecule has 0 fully saturated rings. The van der Waals surface area contributed by atoms with Gasteiger partial charge in [-0.25, -0.2) is 4.98 Å². The Balaban J connectivity index is 1.56. The van der Waals surface area contributed by atoms with Gasteiger partial charge in [-0.1, -0.05) is 66.2 Å². The summed E-state index contributed by atoms with van der Waals surface area (Å²) in [6.45, 7) is 4.03. The average molecular weight is 434 g/mol. The highest BCUT2D eigenvalue weighted by molar-refractivity contribution is 6.08. The third-order valence-corrected chi connectivity index (χ3v) is 5.41. The molecule has 0 bridgehead atoms. The Morgan fingerprint density at radius 2 is 1.52 bits per heavy atom. The molecule has 0 unspecified atom stereocenters. The van der Waals surface area contributed by atoms with E-state index in [0.717, 1.165) is 22.3 Å². The Bertz CT molecular complexity index is 1440. The Kier molecular flexibility index (Phi) is 5.37. The summed E-state index contributed by atoms with van der Waals surface area (Å²) >= 11 is 0. The lowest BCUT2D eigenvalue weighted by Crippen LogP contribution is -2.16. The number of aromatic nitrogens is 2. The maximum absolute atomic E-state index is 13.6. The lowest BCUT2D eigenvalue weighted by atomic mass is 10.1. The Hall–Kier alpha value is -4.38. The van der Waals surface area contributed by atoms with Gasteiger partial charge < -0.3 is 10.1 Å². The standard InChI is InChI=1S/C28H23N3O2/c1-19-12-15-21(16-13-19)26-27(31-18-20(2)14-17-25(31)30-26)28(32)29-23-10-6-7-11-24(23)33-22-8-4-3-5-9-22/h3-18H,1-2H3,(H,29,32). The van der Waals surface area contributed by atoms with Crippen LogP contribution in [0.5, 0.6) is 11.5 Å². The molecule has 0 saturated heterocycles. The van der Waals surface area contributed by atoms with Gasteiger partial charge in [-0.15, -0.1) is 0 Å². The quantitative estimate of drug-likeness (QED) is 0.337. The molecule has 0 radical (unpaired) electrons. The van der Waals surface area contributed by atoms with Crippen LogP contribution in [0.3, 0.4) is 0 Å². The molecule has 0 aliphatic heterocycles. The van der Waals surface area contributed by atoms with Crippen LogP contribution in [0.25, 0.3) is 16.9 Å². The fourth-order valence-corrected chi connectivity index (χ4v) is 3.74. The number of hydrogen-bond donors (Lipinski definition) is 1. The van der Waals surface area contributed by atoms with Gasteiger partial charge in [0.2, 0.25) is 0 Å². The van der Waals surface area contributed by atoms with Crippen molar-refractivity contribution in [2.45, 2.75) is 13.8 Å². The van der Waals surface area contributed by atoms with E-state index in [2.05, 4.69) is 5.32 Å². The molecule has 3 aromatic carbocycles. The van der Waals surface area contributed by atoms with Crippen molar-refractivity contribution < 1.29 is 9.53 Å². The summed E-state index contributed by atoms with van der Waals surface area (Å²) in [6.07, 6.45) is 1.93. The lowest BCUT2D eigenvalue weighted by molar-refractivity contribution is 0.102. The predicted molar refractivity (Wildman–Crippen MR) is 131 cm³/mol. The van der Waals surface area contributed by atoms with Crippen LogP contribution >= 0.6 is 0 Å². The maximum Gasteiger partial charge on any atom is 0.275 e. The fraction of sp³-hybridized carbons (Fsp3) is 0.0714. The second-order valence-electron chi connectivity index (χ2n) is 7.98. The number of amides is 1. The van der Waals surface area contributed by atoms with E-state index in [9.17, 15) is 4.79 Å². The summed E-state index contributed by atoms with van der Waals surface area (Å²) in [7, 11) is 0. The first-order valence-electron chi connectivity index (χ1n) is 10.8. The third kappa shape index (κ3) is 4.21. The second kappa shape index (κ2) is 8.63. The number of benzene rings is 3. The van der Waals surface area contributed by atoms with Gasteiger partial charge in [0.25, 0.3) is 5.91 Å². The molecule has 33 heavy (non-hydrogen) atoms. The molecule has 0 aliphatic rings. The van der Waals surface area contributed by atoms with Crippen LogP contribution in [-0.4, -0.2) is 15.3 Å². The number of ether oxygens (including phenoxy) is 1. The van der Waals surface area contributed by atoms with Crippen molar-refractivity contribution in [2.24, 2.45) is 0 Å². The van der Waals surface area contributed by atoms with Crippen LogP contribution in [0, 0.1) is 13.8 Å². The molecule has 5 rings (SSSR count). The number of nitrogens with one attached hydrogen (secondary N) is 1. The topological polar surface area (TPSA) is 55.6 Å². The Labute approximate surface area is 192 Å². The van der Waals surface area contributed by atoms with Gasteiger partial charge >= 0.3 is 0 Å². The molecule has 1 amide bonds. The molecule has 2 aromatic heterocycles. The van der Waals surface area contributed by atoms with Crippen LogP contribution < -0.4 is 10.1 Å². The van der Waals surface area contributed by atoms with Crippen LogP contribution in [0.4, 0.5) is 5.69 Å². The molecule has 0 atom stereocenters. The van der Waals surface area contributed by atoms with E-state index in [1.54, 1.807) is 0 Å². The second-order valence-corrected chi connectivity index (χ2v) is 7.98. The van der Waals surface area contributed by atoms with Crippen LogP contribution in [0.1, 0.15) is 21.6 Å². The van der Waals surface area contributed by atoms with Gasteiger partial charge in [-0.2, -0.15) is 0 Å². The maximum atomic E-state index is 13.6. The summed E-state index contributed by atoms with van der Waals surface area (Å²) < 4.78 is 7.87. The van der Waals surface area contributed by atoms with E-state index in [1.165, 1.54) is 0 Å². The molecule has 0 spiro atoms. The van der Waals surface area contributed by atoms with Gasteiger partial charge in [0.15, 0.2) is 5.75 Å². The molecule has 1 N–H and O–H groups in total. The number of imidazole rings is 1. The highest BCUT2D eigenvalue weighted by Crippen LogP contribution is 2.31. The highest BCUT2D eigenvalue weighted by atomic mass is 16.5. The minimum Gasteiger partial charge on any atom is -0.455 e. The van der Waals surface area contributed by atoms with Crippen molar-refractivity contribution in [2.75, 3.05) is 5.32 Å². The zero-order valence-electron chi connectivity index (χ0n) is 18.4. The van der Waals surface area contributed by atoms with Gasteiger partial charge in [-0.05, 0) is 49.7 Å². The molecule has 5 nitrogen and oxygen atoms in total.